The van der Waals surface area contributed by atoms with Crippen LogP contribution < -0.4 is 0 Å². The van der Waals surface area contributed by atoms with Crippen LogP contribution in [0, 0.1) is 0 Å². The third kappa shape index (κ3) is 4.94. The van der Waals surface area contributed by atoms with Gasteiger partial charge in [-0.1, -0.05) is 12.1 Å². The van der Waals surface area contributed by atoms with E-state index < -0.39 is 8.80 Å². The fraction of sp³-hybridized carbons (Fsp3) is 0.667. The molecule has 1 unspecified atom stereocenters. The van der Waals surface area contributed by atoms with Crippen molar-refractivity contribution < 1.29 is 13.3 Å². The molecule has 0 saturated carbocycles. The van der Waals surface area contributed by atoms with Crippen molar-refractivity contribution >= 4 is 17.0 Å². The summed E-state index contributed by atoms with van der Waals surface area (Å²) >= 11 is 0. The first-order valence-electron chi connectivity index (χ1n) is 6.30. The van der Waals surface area contributed by atoms with E-state index in [1.165, 1.54) is 5.30 Å². The summed E-state index contributed by atoms with van der Waals surface area (Å²) in [5.74, 6) is 2.21. The lowest BCUT2D eigenvalue weighted by Crippen LogP contribution is -2.46. The van der Waals surface area contributed by atoms with Gasteiger partial charge in [0.25, 0.3) is 0 Å². The quantitative estimate of drug-likeness (QED) is 0.647. The molecular formula is C12H23O3PSi. The third-order valence-electron chi connectivity index (χ3n) is 2.46. The van der Waals surface area contributed by atoms with Gasteiger partial charge in [-0.3, -0.25) is 0 Å². The number of rotatable bonds is 9. The highest BCUT2D eigenvalue weighted by atomic mass is 31.0. The highest BCUT2D eigenvalue weighted by Crippen LogP contribution is 2.23. The first-order valence-corrected chi connectivity index (χ1v) is 9.31. The van der Waals surface area contributed by atoms with Crippen LogP contribution in [0.2, 0.25) is 6.04 Å². The zero-order valence-electron chi connectivity index (χ0n) is 11.0. The second-order valence-electron chi connectivity index (χ2n) is 3.68. The van der Waals surface area contributed by atoms with Crippen LogP contribution in [0.1, 0.15) is 26.1 Å². The van der Waals surface area contributed by atoms with E-state index in [-0.39, 0.29) is 0 Å². The molecule has 1 atom stereocenters. The van der Waals surface area contributed by atoms with Crippen LogP contribution in [-0.2, 0) is 19.7 Å². The zero-order chi connectivity index (χ0) is 12.6. The zero-order valence-corrected chi connectivity index (χ0v) is 13.0. The van der Waals surface area contributed by atoms with E-state index in [0.717, 1.165) is 20.7 Å². The van der Waals surface area contributed by atoms with Gasteiger partial charge in [0, 0.05) is 25.9 Å². The van der Waals surface area contributed by atoms with Crippen molar-refractivity contribution in [3.8, 4) is 0 Å². The maximum absolute atomic E-state index is 5.82. The Balaban J connectivity index is 2.59. The first kappa shape index (κ1) is 14.9. The molecular weight excluding hydrogens is 251 g/mol. The van der Waals surface area contributed by atoms with Crippen molar-refractivity contribution in [3.05, 3.63) is 23.2 Å². The maximum atomic E-state index is 5.82. The topological polar surface area (TPSA) is 27.7 Å². The molecule has 3 nitrogen and oxygen atoms in total. The van der Waals surface area contributed by atoms with Crippen molar-refractivity contribution in [2.24, 2.45) is 0 Å². The summed E-state index contributed by atoms with van der Waals surface area (Å²) in [6.45, 7) is 7.97. The fourth-order valence-electron chi connectivity index (χ4n) is 1.81. The third-order valence-corrected chi connectivity index (χ3v) is 6.65. The molecule has 0 aliphatic carbocycles. The highest BCUT2D eigenvalue weighted by Gasteiger charge is 2.39. The van der Waals surface area contributed by atoms with Gasteiger partial charge in [-0.2, -0.15) is 0 Å². The minimum Gasteiger partial charge on any atom is -0.374 e. The molecule has 0 saturated heterocycles. The lowest BCUT2D eigenvalue weighted by molar-refractivity contribution is 0.0714. The standard InChI is InChI=1S/C12H23O3PSi/c1-4-13-17(14-5-2,15-6-3)11-9-12-8-7-10-16-12/h7-8,10,16H,4-6,9,11H2,1-3H3. The Morgan fingerprint density at radius 2 is 1.65 bits per heavy atom. The Labute approximate surface area is 107 Å². The van der Waals surface area contributed by atoms with Crippen LogP contribution >= 0.6 is 8.19 Å². The second-order valence-corrected chi connectivity index (χ2v) is 7.67. The summed E-state index contributed by atoms with van der Waals surface area (Å²) in [4.78, 5) is 0. The Morgan fingerprint density at radius 3 is 2.06 bits per heavy atom. The predicted molar refractivity (Wildman–Crippen MR) is 75.1 cm³/mol. The molecule has 1 aromatic rings. The van der Waals surface area contributed by atoms with Crippen LogP contribution in [-0.4, -0.2) is 28.6 Å². The van der Waals surface area contributed by atoms with Gasteiger partial charge >= 0.3 is 8.80 Å². The number of aryl methyl sites for hydroxylation is 1. The molecule has 0 radical (unpaired) electrons. The fourth-order valence-corrected chi connectivity index (χ4v) is 5.51. The van der Waals surface area contributed by atoms with Crippen molar-refractivity contribution in [1.82, 2.24) is 0 Å². The summed E-state index contributed by atoms with van der Waals surface area (Å²) in [6, 6.07) is 5.21. The number of hydrogen-bond donors (Lipinski definition) is 0. The summed E-state index contributed by atoms with van der Waals surface area (Å²) in [7, 11) is -1.60. The van der Waals surface area contributed by atoms with Crippen LogP contribution in [0.3, 0.4) is 0 Å². The number of hydrogen-bond acceptors (Lipinski definition) is 3. The lowest BCUT2D eigenvalue weighted by atomic mass is 10.4. The van der Waals surface area contributed by atoms with Gasteiger partial charge in [-0.05, 0) is 38.3 Å². The second kappa shape index (κ2) is 8.06. The van der Waals surface area contributed by atoms with Crippen LogP contribution in [0.5, 0.6) is 0 Å². The molecule has 0 aromatic carbocycles. The van der Waals surface area contributed by atoms with E-state index in [1.807, 2.05) is 20.8 Å². The molecule has 0 aliphatic heterocycles. The van der Waals surface area contributed by atoms with Gasteiger partial charge in [-0.25, -0.2) is 0 Å². The maximum Gasteiger partial charge on any atom is 0.501 e. The van der Waals surface area contributed by atoms with Gasteiger partial charge < -0.3 is 13.3 Å². The normalized spacial score (nSPS) is 12.4. The van der Waals surface area contributed by atoms with Crippen molar-refractivity contribution in [2.75, 3.05) is 19.8 Å². The van der Waals surface area contributed by atoms with Crippen molar-refractivity contribution in [3.63, 3.8) is 0 Å². The van der Waals surface area contributed by atoms with Crippen molar-refractivity contribution in [2.45, 2.75) is 33.2 Å². The predicted octanol–water partition coefficient (Wildman–Crippen LogP) is 3.31. The van der Waals surface area contributed by atoms with Crippen LogP contribution in [0.4, 0.5) is 0 Å². The Kier molecular flexibility index (Phi) is 7.08. The lowest BCUT2D eigenvalue weighted by Gasteiger charge is -2.28. The molecule has 5 heteroatoms. The molecule has 0 N–H and O–H groups in total. The first-order chi connectivity index (χ1) is 8.26. The summed E-state index contributed by atoms with van der Waals surface area (Å²) in [6.07, 6.45) is 1.03. The van der Waals surface area contributed by atoms with E-state index in [2.05, 4.69) is 17.9 Å². The minimum absolute atomic E-state index is 0.659. The monoisotopic (exact) mass is 274 g/mol. The van der Waals surface area contributed by atoms with E-state index >= 15 is 0 Å². The van der Waals surface area contributed by atoms with Gasteiger partial charge in [0.1, 0.15) is 0 Å². The smallest absolute Gasteiger partial charge is 0.374 e. The molecule has 0 fully saturated rings. The molecule has 0 amide bonds. The van der Waals surface area contributed by atoms with Gasteiger partial charge in [0.05, 0.1) is 0 Å². The molecule has 1 aromatic heterocycles. The highest BCUT2D eigenvalue weighted by molar-refractivity contribution is 7.30. The Bertz CT molecular complexity index is 273. The largest absolute Gasteiger partial charge is 0.501 e. The van der Waals surface area contributed by atoms with E-state index in [0.29, 0.717) is 19.8 Å². The summed E-state index contributed by atoms with van der Waals surface area (Å²) < 4.78 is 17.5. The van der Waals surface area contributed by atoms with Gasteiger partial charge in [0.2, 0.25) is 0 Å². The molecule has 1 rings (SSSR count). The molecule has 98 valence electrons. The van der Waals surface area contributed by atoms with E-state index in [9.17, 15) is 0 Å². The Hall–Kier alpha value is -0.123. The average molecular weight is 274 g/mol. The summed E-state index contributed by atoms with van der Waals surface area (Å²) in [5, 5.41) is 1.47. The minimum atomic E-state index is -2.43. The molecule has 1 heterocycles. The molecule has 0 aliphatic rings. The van der Waals surface area contributed by atoms with Gasteiger partial charge in [0.15, 0.2) is 0 Å². The van der Waals surface area contributed by atoms with E-state index in [4.69, 9.17) is 13.3 Å². The average Bonchev–Trinajstić information content (AvgIpc) is 2.80. The molecule has 0 bridgehead atoms. The Morgan fingerprint density at radius 1 is 1.06 bits per heavy atom. The summed E-state index contributed by atoms with van der Waals surface area (Å²) in [5.41, 5.74) is 0. The molecule has 0 spiro atoms. The van der Waals surface area contributed by atoms with Crippen LogP contribution in [0.25, 0.3) is 0 Å². The SMILES string of the molecule is CCO[Si](CCc1ccc[pH]1)(OCC)OCC. The van der Waals surface area contributed by atoms with Crippen LogP contribution in [0.15, 0.2) is 17.9 Å². The van der Waals surface area contributed by atoms with Gasteiger partial charge in [-0.15, -0.1) is 8.19 Å². The molecule has 17 heavy (non-hydrogen) atoms. The van der Waals surface area contributed by atoms with Crippen molar-refractivity contribution in [1.29, 1.82) is 0 Å². The van der Waals surface area contributed by atoms with E-state index in [1.54, 1.807) is 0 Å².